The van der Waals surface area contributed by atoms with Crippen LogP contribution >= 0.6 is 11.3 Å². The van der Waals surface area contributed by atoms with E-state index in [1.807, 2.05) is 23.8 Å². The van der Waals surface area contributed by atoms with Crippen molar-refractivity contribution in [3.63, 3.8) is 0 Å². The molecule has 6 heteroatoms. The van der Waals surface area contributed by atoms with Crippen LogP contribution in [0.3, 0.4) is 0 Å². The van der Waals surface area contributed by atoms with E-state index in [-0.39, 0.29) is 6.04 Å². The number of nitrogens with two attached hydrogens (primary N) is 1. The van der Waals surface area contributed by atoms with Crippen molar-refractivity contribution in [1.82, 2.24) is 19.2 Å². The lowest BCUT2D eigenvalue weighted by Crippen LogP contribution is -2.23. The van der Waals surface area contributed by atoms with Gasteiger partial charge in [0.05, 0.1) is 5.69 Å². The molecule has 1 atom stereocenters. The second kappa shape index (κ2) is 4.55. The predicted molar refractivity (Wildman–Crippen MR) is 72.2 cm³/mol. The van der Waals surface area contributed by atoms with Gasteiger partial charge in [-0.2, -0.15) is 10.1 Å². The molecule has 5 nitrogen and oxygen atoms in total. The average Bonchev–Trinajstić information content (AvgIpc) is 3.05. The van der Waals surface area contributed by atoms with Crippen LogP contribution in [0, 0.1) is 0 Å². The fourth-order valence-corrected chi connectivity index (χ4v) is 2.71. The van der Waals surface area contributed by atoms with Gasteiger partial charge in [-0.25, -0.2) is 4.68 Å². The highest BCUT2D eigenvalue weighted by molar-refractivity contribution is 7.15. The monoisotopic (exact) mass is 261 g/mol. The molecular formula is C12H15N5S. The molecule has 0 saturated heterocycles. The Hall–Kier alpha value is -1.66. The molecule has 0 amide bonds. The first-order valence-electron chi connectivity index (χ1n) is 5.99. The second-order valence-electron chi connectivity index (χ2n) is 4.26. The smallest absolute Gasteiger partial charge is 0.195 e. The van der Waals surface area contributed by atoms with E-state index in [4.69, 9.17) is 5.73 Å². The summed E-state index contributed by atoms with van der Waals surface area (Å²) < 4.78 is 3.91. The quantitative estimate of drug-likeness (QED) is 0.779. The molecule has 18 heavy (non-hydrogen) atoms. The maximum atomic E-state index is 6.08. The number of aromatic nitrogens is 4. The van der Waals surface area contributed by atoms with Crippen LogP contribution in [0.5, 0.6) is 0 Å². The third-order valence-corrected chi connectivity index (χ3v) is 3.80. The Labute approximate surface area is 109 Å². The summed E-state index contributed by atoms with van der Waals surface area (Å²) in [4.78, 5) is 5.61. The molecule has 0 bridgehead atoms. The Morgan fingerprint density at radius 1 is 1.44 bits per heavy atom. The molecule has 0 radical (unpaired) electrons. The summed E-state index contributed by atoms with van der Waals surface area (Å²) in [5, 5.41) is 6.30. The van der Waals surface area contributed by atoms with Crippen molar-refractivity contribution in [2.24, 2.45) is 5.73 Å². The lowest BCUT2D eigenvalue weighted by molar-refractivity contribution is 0.629. The highest BCUT2D eigenvalue weighted by Crippen LogP contribution is 2.21. The van der Waals surface area contributed by atoms with Gasteiger partial charge in [-0.15, -0.1) is 11.3 Å². The lowest BCUT2D eigenvalue weighted by Gasteiger charge is -2.09. The van der Waals surface area contributed by atoms with Crippen LogP contribution in [0.2, 0.25) is 0 Å². The first kappa shape index (κ1) is 11.4. The number of fused-ring (bicyclic) bond motifs is 1. The average molecular weight is 261 g/mol. The Kier molecular flexibility index (Phi) is 2.89. The molecule has 0 aliphatic carbocycles. The van der Waals surface area contributed by atoms with Crippen molar-refractivity contribution < 1.29 is 0 Å². The summed E-state index contributed by atoms with van der Waals surface area (Å²) in [6.07, 6.45) is 7.47. The van der Waals surface area contributed by atoms with Gasteiger partial charge >= 0.3 is 0 Å². The number of hydrogen-bond acceptors (Lipinski definition) is 4. The van der Waals surface area contributed by atoms with Crippen LogP contribution in [-0.4, -0.2) is 25.2 Å². The van der Waals surface area contributed by atoms with Crippen LogP contribution in [-0.2, 0) is 6.42 Å². The molecule has 0 saturated carbocycles. The molecule has 3 aromatic rings. The van der Waals surface area contributed by atoms with E-state index in [1.165, 1.54) is 0 Å². The van der Waals surface area contributed by atoms with E-state index >= 15 is 0 Å². The standard InChI is InChI=1S/C12H15N5S/c1-2-9(13)8-10-11(17-5-3-4-14-17)15-12-16(10)6-7-18-12/h3-7,9H,2,8,13H2,1H3. The largest absolute Gasteiger partial charge is 0.327 e. The van der Waals surface area contributed by atoms with E-state index in [0.29, 0.717) is 0 Å². The van der Waals surface area contributed by atoms with Crippen molar-refractivity contribution >= 4 is 16.3 Å². The van der Waals surface area contributed by atoms with Crippen LogP contribution in [0.25, 0.3) is 10.8 Å². The van der Waals surface area contributed by atoms with Gasteiger partial charge in [-0.3, -0.25) is 4.40 Å². The minimum atomic E-state index is 0.152. The SMILES string of the molecule is CCC(N)Cc1c(-n2cccn2)nc2sccn12. The molecule has 3 rings (SSSR count). The molecule has 1 unspecified atom stereocenters. The molecule has 0 fully saturated rings. The molecule has 2 N–H and O–H groups in total. The summed E-state index contributed by atoms with van der Waals surface area (Å²) in [5.41, 5.74) is 7.21. The van der Waals surface area contributed by atoms with Crippen molar-refractivity contribution in [3.05, 3.63) is 35.7 Å². The molecule has 0 aromatic carbocycles. The zero-order valence-corrected chi connectivity index (χ0v) is 11.0. The number of hydrogen-bond donors (Lipinski definition) is 1. The molecule has 0 aliphatic rings. The Morgan fingerprint density at radius 2 is 2.33 bits per heavy atom. The highest BCUT2D eigenvalue weighted by atomic mass is 32.1. The number of imidazole rings is 1. The van der Waals surface area contributed by atoms with Crippen molar-refractivity contribution in [1.29, 1.82) is 0 Å². The minimum absolute atomic E-state index is 0.152. The molecule has 3 aromatic heterocycles. The topological polar surface area (TPSA) is 61.1 Å². The molecule has 94 valence electrons. The maximum Gasteiger partial charge on any atom is 0.195 e. The summed E-state index contributed by atoms with van der Waals surface area (Å²) in [7, 11) is 0. The van der Waals surface area contributed by atoms with Gasteiger partial charge in [0.15, 0.2) is 10.8 Å². The van der Waals surface area contributed by atoms with E-state index < -0.39 is 0 Å². The second-order valence-corrected chi connectivity index (χ2v) is 5.13. The zero-order valence-electron chi connectivity index (χ0n) is 10.2. The zero-order chi connectivity index (χ0) is 12.5. The first-order valence-corrected chi connectivity index (χ1v) is 6.87. The Balaban J connectivity index is 2.12. The lowest BCUT2D eigenvalue weighted by atomic mass is 10.1. The maximum absolute atomic E-state index is 6.08. The summed E-state index contributed by atoms with van der Waals surface area (Å²) in [6.45, 7) is 2.10. The number of rotatable bonds is 4. The van der Waals surface area contributed by atoms with E-state index in [2.05, 4.69) is 21.4 Å². The van der Waals surface area contributed by atoms with Crippen LogP contribution in [0.15, 0.2) is 30.0 Å². The van der Waals surface area contributed by atoms with E-state index in [0.717, 1.165) is 29.3 Å². The minimum Gasteiger partial charge on any atom is -0.327 e. The van der Waals surface area contributed by atoms with Gasteiger partial charge in [-0.05, 0) is 12.5 Å². The number of nitrogens with zero attached hydrogens (tertiary/aromatic N) is 4. The molecule has 0 aliphatic heterocycles. The summed E-state index contributed by atoms with van der Waals surface area (Å²) >= 11 is 1.62. The van der Waals surface area contributed by atoms with Gasteiger partial charge in [0.1, 0.15) is 0 Å². The van der Waals surface area contributed by atoms with Gasteiger partial charge in [0.25, 0.3) is 0 Å². The van der Waals surface area contributed by atoms with Gasteiger partial charge in [0.2, 0.25) is 0 Å². The third-order valence-electron chi connectivity index (χ3n) is 3.04. The van der Waals surface area contributed by atoms with Gasteiger partial charge < -0.3 is 5.73 Å². The predicted octanol–water partition coefficient (Wildman–Crippen LogP) is 1.86. The van der Waals surface area contributed by atoms with Crippen molar-refractivity contribution in [3.8, 4) is 5.82 Å². The molecule has 3 heterocycles. The van der Waals surface area contributed by atoms with Gasteiger partial charge in [-0.1, -0.05) is 6.92 Å². The third kappa shape index (κ3) is 1.83. The van der Waals surface area contributed by atoms with Crippen molar-refractivity contribution in [2.75, 3.05) is 0 Å². The normalized spacial score (nSPS) is 13.2. The summed E-state index contributed by atoms with van der Waals surface area (Å²) in [6, 6.07) is 2.05. The first-order chi connectivity index (χ1) is 8.79. The highest BCUT2D eigenvalue weighted by Gasteiger charge is 2.16. The van der Waals surface area contributed by atoms with Crippen LogP contribution < -0.4 is 5.73 Å². The number of thiazole rings is 1. The van der Waals surface area contributed by atoms with Crippen molar-refractivity contribution in [2.45, 2.75) is 25.8 Å². The fraction of sp³-hybridized carbons (Fsp3) is 0.333. The Bertz CT molecular complexity index is 637. The van der Waals surface area contributed by atoms with Crippen LogP contribution in [0.4, 0.5) is 0 Å². The fourth-order valence-electron chi connectivity index (χ4n) is 1.98. The Morgan fingerprint density at radius 3 is 3.06 bits per heavy atom. The van der Waals surface area contributed by atoms with E-state index in [9.17, 15) is 0 Å². The molecule has 0 spiro atoms. The molecular weight excluding hydrogens is 246 g/mol. The van der Waals surface area contributed by atoms with E-state index in [1.54, 1.807) is 22.2 Å². The summed E-state index contributed by atoms with van der Waals surface area (Å²) in [5.74, 6) is 0.885. The van der Waals surface area contributed by atoms with Gasteiger partial charge in [0, 0.05) is 36.4 Å². The van der Waals surface area contributed by atoms with Crippen LogP contribution in [0.1, 0.15) is 19.0 Å².